The van der Waals surface area contributed by atoms with E-state index >= 15 is 0 Å². The molecule has 4 nitrogen and oxygen atoms in total. The summed E-state index contributed by atoms with van der Waals surface area (Å²) < 4.78 is 0. The molecule has 0 amide bonds. The van der Waals surface area contributed by atoms with Gasteiger partial charge in [0.1, 0.15) is 0 Å². The third kappa shape index (κ3) is 14.1. The second kappa shape index (κ2) is 15.9. The molecular formula is C15H36N4. The lowest BCUT2D eigenvalue weighted by Gasteiger charge is -2.22. The van der Waals surface area contributed by atoms with Gasteiger partial charge in [0, 0.05) is 0 Å². The molecule has 0 heterocycles. The molecule has 0 saturated carbocycles. The second-order valence-electron chi connectivity index (χ2n) is 4.96. The zero-order valence-electron chi connectivity index (χ0n) is 13.4. The molecule has 4 heteroatoms. The van der Waals surface area contributed by atoms with Gasteiger partial charge in [-0.1, -0.05) is 20.8 Å². The lowest BCUT2D eigenvalue weighted by Crippen LogP contribution is -2.32. The van der Waals surface area contributed by atoms with E-state index in [1.54, 1.807) is 0 Å². The Hall–Kier alpha value is -0.160. The molecule has 0 aliphatic heterocycles. The van der Waals surface area contributed by atoms with Crippen LogP contribution in [0.15, 0.2) is 0 Å². The van der Waals surface area contributed by atoms with Crippen molar-refractivity contribution in [2.75, 3.05) is 58.9 Å². The van der Waals surface area contributed by atoms with Crippen molar-refractivity contribution in [1.82, 2.24) is 20.9 Å². The highest BCUT2D eigenvalue weighted by atomic mass is 15.1. The van der Waals surface area contributed by atoms with Crippen LogP contribution in [-0.4, -0.2) is 63.8 Å². The van der Waals surface area contributed by atoms with E-state index < -0.39 is 0 Å². The molecule has 0 aliphatic rings. The zero-order chi connectivity index (χ0) is 14.2. The first-order valence-electron chi connectivity index (χ1n) is 8.19. The molecule has 0 aromatic rings. The normalized spacial score (nSPS) is 11.4. The van der Waals surface area contributed by atoms with E-state index in [0.29, 0.717) is 0 Å². The number of nitrogens with zero attached hydrogens (tertiary/aromatic N) is 1. The van der Waals surface area contributed by atoms with E-state index in [0.717, 1.165) is 39.3 Å². The molecule has 0 fully saturated rings. The van der Waals surface area contributed by atoms with Crippen molar-refractivity contribution in [3.8, 4) is 0 Å². The molecular weight excluding hydrogens is 236 g/mol. The minimum atomic E-state index is 1.08. The molecule has 0 saturated heterocycles. The van der Waals surface area contributed by atoms with Crippen molar-refractivity contribution in [3.05, 3.63) is 0 Å². The van der Waals surface area contributed by atoms with Gasteiger partial charge in [0.05, 0.1) is 0 Å². The molecule has 0 aliphatic carbocycles. The van der Waals surface area contributed by atoms with Crippen LogP contribution in [0.5, 0.6) is 0 Å². The quantitative estimate of drug-likeness (QED) is 0.393. The van der Waals surface area contributed by atoms with E-state index in [9.17, 15) is 0 Å². The summed E-state index contributed by atoms with van der Waals surface area (Å²) in [6.45, 7) is 16.9. The summed E-state index contributed by atoms with van der Waals surface area (Å²) in [5, 5.41) is 10.2. The van der Waals surface area contributed by atoms with Gasteiger partial charge in [0.25, 0.3) is 0 Å². The predicted octanol–water partition coefficient (Wildman–Crippen LogP) is 1.29. The summed E-state index contributed by atoms with van der Waals surface area (Å²) in [7, 11) is 0. The summed E-state index contributed by atoms with van der Waals surface area (Å²) in [6, 6.07) is 0. The topological polar surface area (TPSA) is 39.3 Å². The molecule has 0 bridgehead atoms. The first-order chi connectivity index (χ1) is 9.35. The predicted molar refractivity (Wildman–Crippen MR) is 85.9 cm³/mol. The van der Waals surface area contributed by atoms with Crippen molar-refractivity contribution in [2.45, 2.75) is 40.0 Å². The van der Waals surface area contributed by atoms with Gasteiger partial charge in [-0.15, -0.1) is 0 Å². The smallest absolute Gasteiger partial charge is 0.000662 e. The number of hydrogen-bond acceptors (Lipinski definition) is 4. The Bertz CT molecular complexity index is 136. The van der Waals surface area contributed by atoms with E-state index in [1.807, 2.05) is 0 Å². The van der Waals surface area contributed by atoms with Crippen molar-refractivity contribution in [1.29, 1.82) is 0 Å². The van der Waals surface area contributed by atoms with Gasteiger partial charge in [-0.05, 0) is 78.2 Å². The second-order valence-corrected chi connectivity index (χ2v) is 4.96. The number of nitrogens with one attached hydrogen (secondary N) is 3. The van der Waals surface area contributed by atoms with Crippen LogP contribution in [0.4, 0.5) is 0 Å². The monoisotopic (exact) mass is 272 g/mol. The first-order valence-corrected chi connectivity index (χ1v) is 8.19. The Balaban J connectivity index is 3.66. The Morgan fingerprint density at radius 3 is 1.16 bits per heavy atom. The fourth-order valence-electron chi connectivity index (χ4n) is 2.15. The third-order valence-corrected chi connectivity index (χ3v) is 3.23. The molecule has 0 spiro atoms. The summed E-state index contributed by atoms with van der Waals surface area (Å²) >= 11 is 0. The molecule has 0 unspecified atom stereocenters. The summed E-state index contributed by atoms with van der Waals surface area (Å²) in [4.78, 5) is 2.62. The van der Waals surface area contributed by atoms with Crippen LogP contribution in [0.25, 0.3) is 0 Å². The highest BCUT2D eigenvalue weighted by Crippen LogP contribution is 1.96. The molecule has 0 aromatic heterocycles. The van der Waals surface area contributed by atoms with Gasteiger partial charge in [-0.25, -0.2) is 0 Å². The van der Waals surface area contributed by atoms with Crippen LogP contribution in [0.2, 0.25) is 0 Å². The van der Waals surface area contributed by atoms with E-state index in [2.05, 4.69) is 41.6 Å². The van der Waals surface area contributed by atoms with E-state index in [1.165, 1.54) is 38.9 Å². The Kier molecular flexibility index (Phi) is 15.8. The van der Waals surface area contributed by atoms with Crippen LogP contribution in [0.1, 0.15) is 40.0 Å². The maximum absolute atomic E-state index is 3.41. The van der Waals surface area contributed by atoms with Crippen molar-refractivity contribution in [2.24, 2.45) is 0 Å². The zero-order valence-corrected chi connectivity index (χ0v) is 13.4. The minimum Gasteiger partial charge on any atom is -0.317 e. The fourth-order valence-corrected chi connectivity index (χ4v) is 2.15. The summed E-state index contributed by atoms with van der Waals surface area (Å²) in [6.07, 6.45) is 3.78. The van der Waals surface area contributed by atoms with Crippen LogP contribution in [-0.2, 0) is 0 Å². The number of rotatable bonds is 15. The lowest BCUT2D eigenvalue weighted by atomic mass is 10.3. The van der Waals surface area contributed by atoms with Gasteiger partial charge in [0.2, 0.25) is 0 Å². The fraction of sp³-hybridized carbons (Fsp3) is 1.00. The van der Waals surface area contributed by atoms with Gasteiger partial charge in [-0.3, -0.25) is 0 Å². The van der Waals surface area contributed by atoms with Crippen LogP contribution >= 0.6 is 0 Å². The van der Waals surface area contributed by atoms with Crippen LogP contribution in [0.3, 0.4) is 0 Å². The average molecular weight is 272 g/mol. The van der Waals surface area contributed by atoms with Gasteiger partial charge < -0.3 is 20.9 Å². The number of hydrogen-bond donors (Lipinski definition) is 3. The van der Waals surface area contributed by atoms with Crippen molar-refractivity contribution >= 4 is 0 Å². The van der Waals surface area contributed by atoms with E-state index in [4.69, 9.17) is 0 Å². The summed E-state index contributed by atoms with van der Waals surface area (Å²) in [5.41, 5.74) is 0. The highest BCUT2D eigenvalue weighted by Gasteiger charge is 2.03. The summed E-state index contributed by atoms with van der Waals surface area (Å²) in [5.74, 6) is 0. The maximum Gasteiger partial charge on any atom is -0.000662 e. The Labute approximate surface area is 120 Å². The van der Waals surface area contributed by atoms with Gasteiger partial charge in [-0.2, -0.15) is 0 Å². The molecule has 0 rings (SSSR count). The van der Waals surface area contributed by atoms with Crippen molar-refractivity contribution in [3.63, 3.8) is 0 Å². The van der Waals surface area contributed by atoms with Gasteiger partial charge in [0.15, 0.2) is 0 Å². The average Bonchev–Trinajstić information content (AvgIpc) is 2.43. The Morgan fingerprint density at radius 1 is 0.579 bits per heavy atom. The minimum absolute atomic E-state index is 1.08. The third-order valence-electron chi connectivity index (χ3n) is 3.23. The molecule has 19 heavy (non-hydrogen) atoms. The molecule has 0 atom stereocenters. The Morgan fingerprint density at radius 2 is 0.895 bits per heavy atom. The largest absolute Gasteiger partial charge is 0.317 e. The molecule has 3 N–H and O–H groups in total. The molecule has 116 valence electrons. The van der Waals surface area contributed by atoms with Crippen molar-refractivity contribution < 1.29 is 0 Å². The van der Waals surface area contributed by atoms with E-state index in [-0.39, 0.29) is 0 Å². The maximum atomic E-state index is 3.41. The molecule has 0 radical (unpaired) electrons. The highest BCUT2D eigenvalue weighted by molar-refractivity contribution is 4.61. The SMILES string of the molecule is CCNCCCN(CCCNCC)CCCNCC. The first kappa shape index (κ1) is 18.8. The van der Waals surface area contributed by atoms with Crippen LogP contribution in [0, 0.1) is 0 Å². The lowest BCUT2D eigenvalue weighted by molar-refractivity contribution is 0.261. The molecule has 0 aromatic carbocycles. The van der Waals surface area contributed by atoms with Gasteiger partial charge >= 0.3 is 0 Å². The van der Waals surface area contributed by atoms with Crippen LogP contribution < -0.4 is 16.0 Å². The standard InChI is InChI=1S/C15H36N4/c1-4-16-10-7-13-19(14-8-11-17-5-2)15-9-12-18-6-3/h16-18H,4-15H2,1-3H3.